The van der Waals surface area contributed by atoms with Crippen LogP contribution in [0.3, 0.4) is 0 Å². The molecule has 0 N–H and O–H groups in total. The van der Waals surface area contributed by atoms with Gasteiger partial charge < -0.3 is 19.3 Å². The highest BCUT2D eigenvalue weighted by atomic mass is 16.5. The van der Waals surface area contributed by atoms with E-state index in [1.165, 1.54) is 72.0 Å². The van der Waals surface area contributed by atoms with Crippen molar-refractivity contribution in [3.63, 3.8) is 0 Å². The highest BCUT2D eigenvalue weighted by molar-refractivity contribution is 7.00. The van der Waals surface area contributed by atoms with Gasteiger partial charge in [0.05, 0.1) is 19.6 Å². The Morgan fingerprint density at radius 2 is 0.675 bits per heavy atom. The number of hydrogen-bond acceptors (Lipinski definition) is 4. The minimum absolute atomic E-state index is 0.189. The van der Waals surface area contributed by atoms with Gasteiger partial charge in [-0.25, -0.2) is 0 Å². The van der Waals surface area contributed by atoms with Crippen LogP contribution in [0.1, 0.15) is 22.3 Å². The predicted octanol–water partition coefficient (Wildman–Crippen LogP) is 16.8. The minimum Gasteiger partial charge on any atom is -0.497 e. The maximum atomic E-state index is 5.84. The smallest absolute Gasteiger partial charge is 0.252 e. The average Bonchev–Trinajstić information content (AvgIpc) is 3.99. The molecule has 0 atom stereocenters. The van der Waals surface area contributed by atoms with Crippen LogP contribution in [-0.2, 0) is 5.41 Å². The van der Waals surface area contributed by atoms with Gasteiger partial charge >= 0.3 is 0 Å². The lowest BCUT2D eigenvalue weighted by molar-refractivity contribution is 0.415. The van der Waals surface area contributed by atoms with Crippen molar-refractivity contribution in [3.8, 4) is 67.1 Å². The molecule has 378 valence electrons. The van der Waals surface area contributed by atoms with Gasteiger partial charge in [-0.15, -0.1) is 0 Å². The monoisotopic (exact) mass is 1020 g/mol. The molecule has 0 saturated heterocycles. The van der Waals surface area contributed by atoms with Gasteiger partial charge in [0.1, 0.15) is 11.5 Å². The SMILES string of the molecule is COc1cccc(-c2ccc3c(c2)B2c4cc(-c5cccc(OC)c5)ccc4N(c4ccc(-c5ccccc5)cc4)c4cc(C5(c6ccccc6)c6ccccc6-c6ccccc65)cc(c42)N3c2ccc(-c3ccccc3)cc2)c1. The largest absolute Gasteiger partial charge is 0.497 e. The molecule has 0 spiro atoms. The fourth-order valence-corrected chi connectivity index (χ4v) is 13.3. The van der Waals surface area contributed by atoms with E-state index < -0.39 is 5.41 Å². The predicted molar refractivity (Wildman–Crippen MR) is 333 cm³/mol. The van der Waals surface area contributed by atoms with Crippen LogP contribution in [0, 0.1) is 0 Å². The standard InChI is InChI=1S/C75H53BN2O2/c1-79-62-26-16-22-54(44-62)56-36-42-70-68(46-56)76-69-47-57(55-23-17-27-63(45-55)80-2)37-43-71(69)78(61-40-34-53(35-41-61)51-20-8-4-9-21-51)73-49-59(48-72(74(73)76)77(70)60-38-32-52(33-39-60)50-18-6-3-7-19-50)75(58-24-10-5-11-25-58)66-30-14-12-28-64(66)65-29-13-15-31-67(65)75/h3-49H,1-2H3. The summed E-state index contributed by atoms with van der Waals surface area (Å²) in [6.07, 6.45) is 0. The van der Waals surface area contributed by atoms with Crippen molar-refractivity contribution < 1.29 is 9.47 Å². The van der Waals surface area contributed by atoms with E-state index in [4.69, 9.17) is 9.47 Å². The maximum absolute atomic E-state index is 5.84. The van der Waals surface area contributed by atoms with Crippen LogP contribution < -0.4 is 35.7 Å². The van der Waals surface area contributed by atoms with Gasteiger partial charge in [0, 0.05) is 34.1 Å². The molecule has 5 heteroatoms. The minimum atomic E-state index is -0.686. The van der Waals surface area contributed by atoms with Gasteiger partial charge in [0.25, 0.3) is 6.71 Å². The number of rotatable bonds is 10. The first-order valence-corrected chi connectivity index (χ1v) is 27.5. The molecule has 0 unspecified atom stereocenters. The van der Waals surface area contributed by atoms with Crippen LogP contribution in [0.5, 0.6) is 11.5 Å². The number of benzene rings is 12. The molecule has 2 heterocycles. The summed E-state index contributed by atoms with van der Waals surface area (Å²) in [5, 5.41) is 0. The van der Waals surface area contributed by atoms with Gasteiger partial charge in [-0.1, -0.05) is 212 Å². The molecule has 12 aromatic carbocycles. The summed E-state index contributed by atoms with van der Waals surface area (Å²) in [6, 6.07) is 105. The molecular formula is C75H53BN2O2. The summed E-state index contributed by atoms with van der Waals surface area (Å²) < 4.78 is 11.7. The second-order valence-corrected chi connectivity index (χ2v) is 21.1. The van der Waals surface area contributed by atoms with Crippen LogP contribution >= 0.6 is 0 Å². The maximum Gasteiger partial charge on any atom is 0.252 e. The molecule has 0 saturated carbocycles. The Labute approximate surface area is 468 Å². The molecular weight excluding hydrogens is 972 g/mol. The summed E-state index contributed by atoms with van der Waals surface area (Å²) in [7, 11) is 3.48. The Morgan fingerprint density at radius 3 is 1.12 bits per heavy atom. The summed E-state index contributed by atoms with van der Waals surface area (Å²) in [5.41, 5.74) is 26.3. The molecule has 4 nitrogen and oxygen atoms in total. The highest BCUT2D eigenvalue weighted by Gasteiger charge is 2.50. The van der Waals surface area contributed by atoms with Crippen LogP contribution in [0.15, 0.2) is 285 Å². The lowest BCUT2D eigenvalue weighted by Crippen LogP contribution is -2.61. The zero-order valence-electron chi connectivity index (χ0n) is 44.4. The molecule has 1 aliphatic carbocycles. The number of anilines is 6. The van der Waals surface area contributed by atoms with E-state index in [0.29, 0.717) is 0 Å². The molecule has 15 rings (SSSR count). The van der Waals surface area contributed by atoms with E-state index in [0.717, 1.165) is 67.9 Å². The third-order valence-electron chi connectivity index (χ3n) is 16.9. The summed E-state index contributed by atoms with van der Waals surface area (Å²) in [5.74, 6) is 1.64. The fourth-order valence-electron chi connectivity index (χ4n) is 13.3. The van der Waals surface area contributed by atoms with Crippen LogP contribution in [-0.4, -0.2) is 20.9 Å². The first-order chi connectivity index (χ1) is 39.6. The molecule has 2 aliphatic heterocycles. The lowest BCUT2D eigenvalue weighted by atomic mass is 9.33. The van der Waals surface area contributed by atoms with Crippen molar-refractivity contribution in [2.24, 2.45) is 0 Å². The van der Waals surface area contributed by atoms with Crippen molar-refractivity contribution in [3.05, 3.63) is 307 Å². The lowest BCUT2D eigenvalue weighted by Gasteiger charge is -2.46. The number of methoxy groups -OCH3 is 2. The summed E-state index contributed by atoms with van der Waals surface area (Å²) in [6.45, 7) is -0.189. The molecule has 80 heavy (non-hydrogen) atoms. The van der Waals surface area contributed by atoms with Gasteiger partial charge in [-0.3, -0.25) is 0 Å². The Morgan fingerprint density at radius 1 is 0.300 bits per heavy atom. The number of nitrogens with zero attached hydrogens (tertiary/aromatic N) is 2. The second kappa shape index (κ2) is 19.1. The van der Waals surface area contributed by atoms with Gasteiger partial charge in [0.15, 0.2) is 0 Å². The van der Waals surface area contributed by atoms with Gasteiger partial charge in [-0.2, -0.15) is 0 Å². The highest BCUT2D eigenvalue weighted by Crippen LogP contribution is 2.58. The molecule has 0 amide bonds. The van der Waals surface area contributed by atoms with E-state index in [2.05, 4.69) is 283 Å². The molecule has 3 aliphatic rings. The Balaban J connectivity index is 1.07. The third kappa shape index (κ3) is 7.46. The van der Waals surface area contributed by atoms with Crippen LogP contribution in [0.2, 0.25) is 0 Å². The van der Waals surface area contributed by atoms with Crippen LogP contribution in [0.4, 0.5) is 34.1 Å². The molecule has 0 radical (unpaired) electrons. The molecule has 12 aromatic rings. The van der Waals surface area contributed by atoms with E-state index in [1.54, 1.807) is 14.2 Å². The third-order valence-corrected chi connectivity index (χ3v) is 16.9. The summed E-state index contributed by atoms with van der Waals surface area (Å²) in [4.78, 5) is 5.11. The molecule has 0 aromatic heterocycles. The number of ether oxygens (including phenoxy) is 2. The average molecular weight is 1030 g/mol. The van der Waals surface area contributed by atoms with E-state index in [1.807, 2.05) is 12.1 Å². The molecule has 0 fully saturated rings. The zero-order chi connectivity index (χ0) is 53.3. The van der Waals surface area contributed by atoms with Gasteiger partial charge in [-0.05, 0) is 167 Å². The topological polar surface area (TPSA) is 24.9 Å². The fraction of sp³-hybridized carbons (Fsp3) is 0.0400. The number of hydrogen-bond donors (Lipinski definition) is 0. The quantitative estimate of drug-likeness (QED) is 0.127. The van der Waals surface area contributed by atoms with E-state index in [9.17, 15) is 0 Å². The Bertz CT molecular complexity index is 4080. The van der Waals surface area contributed by atoms with Crippen molar-refractivity contribution >= 4 is 57.2 Å². The van der Waals surface area contributed by atoms with Crippen molar-refractivity contribution in [2.75, 3.05) is 24.0 Å². The zero-order valence-corrected chi connectivity index (χ0v) is 44.4. The normalized spacial score (nSPS) is 13.2. The Hall–Kier alpha value is -10.1. The van der Waals surface area contributed by atoms with Gasteiger partial charge in [0.2, 0.25) is 0 Å². The van der Waals surface area contributed by atoms with Crippen molar-refractivity contribution in [2.45, 2.75) is 5.41 Å². The van der Waals surface area contributed by atoms with Crippen LogP contribution in [0.25, 0.3) is 55.6 Å². The van der Waals surface area contributed by atoms with Crippen molar-refractivity contribution in [1.82, 2.24) is 0 Å². The summed E-state index contributed by atoms with van der Waals surface area (Å²) >= 11 is 0. The molecule has 0 bridgehead atoms. The van der Waals surface area contributed by atoms with E-state index in [-0.39, 0.29) is 6.71 Å². The van der Waals surface area contributed by atoms with Crippen molar-refractivity contribution in [1.29, 1.82) is 0 Å². The first kappa shape index (κ1) is 47.1. The first-order valence-electron chi connectivity index (χ1n) is 27.5. The number of fused-ring (bicyclic) bond motifs is 7. The Kier molecular flexibility index (Phi) is 11.3. The second-order valence-electron chi connectivity index (χ2n) is 21.1. The van der Waals surface area contributed by atoms with E-state index >= 15 is 0 Å².